The molecular formula is C27H30F4N4O2. The number of alkyl halides is 3. The first-order valence-corrected chi connectivity index (χ1v) is 12.1. The van der Waals surface area contributed by atoms with Gasteiger partial charge in [-0.05, 0) is 81.0 Å². The number of carbonyl (C=O) groups is 1. The minimum atomic E-state index is -4.42. The van der Waals surface area contributed by atoms with E-state index in [-0.39, 0.29) is 35.6 Å². The largest absolute Gasteiger partial charge is 0.416 e. The fourth-order valence-corrected chi connectivity index (χ4v) is 4.56. The maximum Gasteiger partial charge on any atom is 0.416 e. The number of amides is 1. The molecule has 0 bridgehead atoms. The predicted molar refractivity (Wildman–Crippen MR) is 135 cm³/mol. The van der Waals surface area contributed by atoms with Gasteiger partial charge in [-0.3, -0.25) is 9.59 Å². The Balaban J connectivity index is 1.49. The van der Waals surface area contributed by atoms with Crippen molar-refractivity contribution in [2.45, 2.75) is 58.4 Å². The average Bonchev–Trinajstić information content (AvgIpc) is 2.81. The molecule has 0 aliphatic carbocycles. The molecule has 198 valence electrons. The Morgan fingerprint density at radius 1 is 1.14 bits per heavy atom. The molecule has 1 amide bonds. The van der Waals surface area contributed by atoms with Gasteiger partial charge >= 0.3 is 6.18 Å². The van der Waals surface area contributed by atoms with Crippen molar-refractivity contribution in [3.8, 4) is 0 Å². The van der Waals surface area contributed by atoms with E-state index in [1.807, 2.05) is 20.8 Å². The lowest BCUT2D eigenvalue weighted by Gasteiger charge is -2.35. The van der Waals surface area contributed by atoms with Crippen LogP contribution >= 0.6 is 0 Å². The highest BCUT2D eigenvalue weighted by Gasteiger charge is 2.33. The summed E-state index contributed by atoms with van der Waals surface area (Å²) in [6.45, 7) is 8.25. The van der Waals surface area contributed by atoms with Crippen LogP contribution in [0.3, 0.4) is 0 Å². The zero-order valence-corrected chi connectivity index (χ0v) is 21.1. The number of carbonyl (C=O) groups excluding carboxylic acids is 1. The molecule has 0 spiro atoms. The van der Waals surface area contributed by atoms with Gasteiger partial charge < -0.3 is 20.5 Å². The van der Waals surface area contributed by atoms with E-state index in [1.165, 1.54) is 12.1 Å². The van der Waals surface area contributed by atoms with Crippen molar-refractivity contribution in [2.75, 3.05) is 18.4 Å². The number of pyridine rings is 1. The molecule has 1 aromatic heterocycles. The number of benzene rings is 2. The summed E-state index contributed by atoms with van der Waals surface area (Å²) in [6.07, 6.45) is -4.12. The van der Waals surface area contributed by atoms with Gasteiger partial charge in [0, 0.05) is 24.3 Å². The van der Waals surface area contributed by atoms with Crippen LogP contribution in [0.5, 0.6) is 0 Å². The van der Waals surface area contributed by atoms with Crippen molar-refractivity contribution in [1.29, 1.82) is 0 Å². The molecule has 0 saturated carbocycles. The van der Waals surface area contributed by atoms with E-state index in [2.05, 4.69) is 15.6 Å². The molecule has 3 aromatic rings. The molecule has 37 heavy (non-hydrogen) atoms. The van der Waals surface area contributed by atoms with Crippen LogP contribution in [-0.4, -0.2) is 34.4 Å². The summed E-state index contributed by atoms with van der Waals surface area (Å²) in [6, 6.07) is 7.57. The summed E-state index contributed by atoms with van der Waals surface area (Å²) in [5.41, 5.74) is 0.703. The number of hydrogen-bond donors (Lipinski definition) is 3. The Kier molecular flexibility index (Phi) is 7.07. The lowest BCUT2D eigenvalue weighted by Crippen LogP contribution is -2.41. The van der Waals surface area contributed by atoms with Crippen LogP contribution in [0.25, 0.3) is 10.8 Å². The zero-order chi connectivity index (χ0) is 27.1. The molecule has 0 saturated heterocycles. The Hall–Kier alpha value is -3.40. The maximum absolute atomic E-state index is 14.8. The third-order valence-electron chi connectivity index (χ3n) is 6.56. The molecule has 1 aliphatic heterocycles. The third-order valence-corrected chi connectivity index (χ3v) is 6.56. The number of rotatable bonds is 5. The van der Waals surface area contributed by atoms with Crippen LogP contribution in [0.15, 0.2) is 41.2 Å². The van der Waals surface area contributed by atoms with Crippen molar-refractivity contribution in [1.82, 2.24) is 15.2 Å². The van der Waals surface area contributed by atoms with Gasteiger partial charge in [0.15, 0.2) is 0 Å². The van der Waals surface area contributed by atoms with Crippen LogP contribution in [0, 0.1) is 5.82 Å². The highest BCUT2D eigenvalue weighted by Crippen LogP contribution is 2.35. The van der Waals surface area contributed by atoms with Gasteiger partial charge in [-0.25, -0.2) is 4.39 Å². The number of nitrogens with zero attached hydrogens (tertiary/aromatic N) is 1. The van der Waals surface area contributed by atoms with E-state index in [0.29, 0.717) is 35.2 Å². The quantitative estimate of drug-likeness (QED) is 0.409. The summed E-state index contributed by atoms with van der Waals surface area (Å²) in [4.78, 5) is 29.8. The molecule has 6 nitrogen and oxygen atoms in total. The van der Waals surface area contributed by atoms with Gasteiger partial charge in [-0.15, -0.1) is 0 Å². The number of aromatic nitrogens is 1. The second-order valence-corrected chi connectivity index (χ2v) is 10.4. The molecule has 0 radical (unpaired) electrons. The van der Waals surface area contributed by atoms with Gasteiger partial charge in [0.05, 0.1) is 29.2 Å². The maximum atomic E-state index is 14.8. The Morgan fingerprint density at radius 3 is 2.54 bits per heavy atom. The standard InChI is InChI=1S/C27H30F4N4O2/c1-15-20-6-5-18(27(29,30)31)9-16(20)7-8-35(15)24(36)14-32-23-11-17-10-19(13-33-26(2,3)4)34-25(37)21(17)12-22(23)28/h5-6,9-12,15,32-33H,7-8,13-14H2,1-4H3,(H,34,37)/t15-/m0/s1. The molecule has 2 aromatic carbocycles. The van der Waals surface area contributed by atoms with E-state index in [4.69, 9.17) is 0 Å². The summed E-state index contributed by atoms with van der Waals surface area (Å²) < 4.78 is 53.9. The van der Waals surface area contributed by atoms with Gasteiger partial charge in [0.25, 0.3) is 5.56 Å². The normalized spacial score (nSPS) is 16.1. The lowest BCUT2D eigenvalue weighted by atomic mass is 9.91. The van der Waals surface area contributed by atoms with E-state index in [0.717, 1.165) is 18.2 Å². The smallest absolute Gasteiger partial charge is 0.374 e. The lowest BCUT2D eigenvalue weighted by molar-refractivity contribution is -0.138. The van der Waals surface area contributed by atoms with Crippen LogP contribution < -0.4 is 16.2 Å². The fourth-order valence-electron chi connectivity index (χ4n) is 4.56. The van der Waals surface area contributed by atoms with E-state index < -0.39 is 29.2 Å². The summed E-state index contributed by atoms with van der Waals surface area (Å²) in [5.74, 6) is -0.971. The van der Waals surface area contributed by atoms with Gasteiger partial charge in [-0.1, -0.05) is 6.07 Å². The SMILES string of the molecule is C[C@H]1c2ccc(C(F)(F)F)cc2CCN1C(=O)CNc1cc2cc(CNC(C)(C)C)[nH]c(=O)c2cc1F. The van der Waals surface area contributed by atoms with Crippen molar-refractivity contribution in [3.05, 3.63) is 75.0 Å². The topological polar surface area (TPSA) is 77.2 Å². The molecule has 2 heterocycles. The second kappa shape index (κ2) is 9.81. The minimum absolute atomic E-state index is 0.0843. The molecule has 3 N–H and O–H groups in total. The molecule has 0 fully saturated rings. The molecule has 1 atom stereocenters. The Morgan fingerprint density at radius 2 is 1.86 bits per heavy atom. The van der Waals surface area contributed by atoms with Crippen molar-refractivity contribution >= 4 is 22.4 Å². The third kappa shape index (κ3) is 5.95. The first kappa shape index (κ1) is 26.7. The van der Waals surface area contributed by atoms with E-state index in [9.17, 15) is 27.2 Å². The first-order valence-electron chi connectivity index (χ1n) is 12.1. The van der Waals surface area contributed by atoms with Crippen molar-refractivity contribution in [3.63, 3.8) is 0 Å². The number of halogens is 4. The number of anilines is 1. The number of hydrogen-bond acceptors (Lipinski definition) is 4. The number of aromatic amines is 1. The molecule has 10 heteroatoms. The number of fused-ring (bicyclic) bond motifs is 2. The van der Waals surface area contributed by atoms with Crippen LogP contribution in [0.4, 0.5) is 23.2 Å². The van der Waals surface area contributed by atoms with Gasteiger partial charge in [0.1, 0.15) is 5.82 Å². The molecular weight excluding hydrogens is 488 g/mol. The second-order valence-electron chi connectivity index (χ2n) is 10.4. The first-order chi connectivity index (χ1) is 17.2. The summed E-state index contributed by atoms with van der Waals surface area (Å²) in [5, 5.41) is 6.85. The van der Waals surface area contributed by atoms with Gasteiger partial charge in [0.2, 0.25) is 5.91 Å². The van der Waals surface area contributed by atoms with Gasteiger partial charge in [-0.2, -0.15) is 13.2 Å². The highest BCUT2D eigenvalue weighted by molar-refractivity contribution is 5.87. The number of H-pyrrole nitrogens is 1. The predicted octanol–water partition coefficient (Wildman–Crippen LogP) is 5.13. The highest BCUT2D eigenvalue weighted by atomic mass is 19.4. The summed E-state index contributed by atoms with van der Waals surface area (Å²) >= 11 is 0. The van der Waals surface area contributed by atoms with E-state index >= 15 is 0 Å². The fraction of sp³-hybridized carbons (Fsp3) is 0.407. The van der Waals surface area contributed by atoms with Crippen LogP contribution in [0.1, 0.15) is 56.1 Å². The minimum Gasteiger partial charge on any atom is -0.374 e. The van der Waals surface area contributed by atoms with Crippen LogP contribution in [0.2, 0.25) is 0 Å². The monoisotopic (exact) mass is 518 g/mol. The Labute approximate surface area is 212 Å². The number of nitrogens with one attached hydrogen (secondary N) is 3. The molecule has 4 rings (SSSR count). The zero-order valence-electron chi connectivity index (χ0n) is 21.1. The van der Waals surface area contributed by atoms with E-state index in [1.54, 1.807) is 17.9 Å². The van der Waals surface area contributed by atoms with Crippen molar-refractivity contribution in [2.24, 2.45) is 0 Å². The summed E-state index contributed by atoms with van der Waals surface area (Å²) in [7, 11) is 0. The average molecular weight is 519 g/mol. The van der Waals surface area contributed by atoms with Crippen LogP contribution in [-0.2, 0) is 23.9 Å². The molecule has 0 unspecified atom stereocenters. The Bertz CT molecular complexity index is 1390. The molecule has 1 aliphatic rings. The van der Waals surface area contributed by atoms with Crippen molar-refractivity contribution < 1.29 is 22.4 Å².